The number of rotatable bonds is 4. The van der Waals surface area contributed by atoms with Crippen molar-refractivity contribution in [3.63, 3.8) is 0 Å². The number of aryl methyl sites for hydroxylation is 1. The number of carbonyl (C=O) groups is 1. The first-order chi connectivity index (χ1) is 12.7. The molecule has 2 aromatic heterocycles. The molecule has 0 N–H and O–H groups in total. The molecule has 3 rings (SSSR count). The number of ether oxygens (including phenoxy) is 1. The number of alkyl halides is 2. The van der Waals surface area contributed by atoms with Crippen LogP contribution >= 0.6 is 0 Å². The lowest BCUT2D eigenvalue weighted by molar-refractivity contribution is -0.0490. The van der Waals surface area contributed by atoms with Gasteiger partial charge in [0.2, 0.25) is 0 Å². The molecular formula is C17H17F2N5O3. The van der Waals surface area contributed by atoms with Gasteiger partial charge in [-0.25, -0.2) is 14.6 Å². The lowest BCUT2D eigenvalue weighted by atomic mass is 10.1. The molecule has 0 saturated carbocycles. The minimum atomic E-state index is -3.25. The van der Waals surface area contributed by atoms with Gasteiger partial charge in [0.25, 0.3) is 0 Å². The van der Waals surface area contributed by atoms with Crippen LogP contribution in [0.5, 0.6) is 6.01 Å². The standard InChI is InChI=1S/C17H17F2N5O3/c1-22(2)15(25)24-13-12(23(3)16(24)26)9-20-14(21-13)27-10-17(18,19)11-7-5-4-6-8-11/h4-9H,10H2,1-3H3. The molecule has 0 atom stereocenters. The molecule has 0 aliphatic heterocycles. The number of nitrogens with zero attached hydrogens (tertiary/aromatic N) is 5. The molecular weight excluding hydrogens is 360 g/mol. The molecule has 1 aromatic carbocycles. The van der Waals surface area contributed by atoms with E-state index in [-0.39, 0.29) is 22.7 Å². The van der Waals surface area contributed by atoms with Gasteiger partial charge in [-0.15, -0.1) is 0 Å². The van der Waals surface area contributed by atoms with E-state index in [1.807, 2.05) is 0 Å². The third-order valence-corrected chi connectivity index (χ3v) is 3.93. The Morgan fingerprint density at radius 3 is 2.56 bits per heavy atom. The molecule has 10 heteroatoms. The molecule has 0 unspecified atom stereocenters. The van der Waals surface area contributed by atoms with Crippen LogP contribution in [0.1, 0.15) is 5.56 Å². The van der Waals surface area contributed by atoms with Gasteiger partial charge in [0.05, 0.1) is 6.20 Å². The fourth-order valence-electron chi connectivity index (χ4n) is 2.46. The van der Waals surface area contributed by atoms with Gasteiger partial charge in [0.15, 0.2) is 12.3 Å². The third kappa shape index (κ3) is 3.37. The maximum Gasteiger partial charge on any atom is 0.338 e. The van der Waals surface area contributed by atoms with E-state index in [1.54, 1.807) is 6.07 Å². The molecule has 142 valence electrons. The second-order valence-electron chi connectivity index (χ2n) is 6.07. The van der Waals surface area contributed by atoms with E-state index >= 15 is 0 Å². The molecule has 0 fully saturated rings. The number of fused-ring (bicyclic) bond motifs is 1. The Morgan fingerprint density at radius 2 is 1.93 bits per heavy atom. The van der Waals surface area contributed by atoms with Crippen LogP contribution in [0.2, 0.25) is 0 Å². The van der Waals surface area contributed by atoms with E-state index in [9.17, 15) is 18.4 Å². The molecule has 0 radical (unpaired) electrons. The topological polar surface area (TPSA) is 82.2 Å². The zero-order chi connectivity index (χ0) is 19.8. The maximum atomic E-state index is 14.2. The van der Waals surface area contributed by atoms with E-state index < -0.39 is 24.3 Å². The average molecular weight is 377 g/mol. The van der Waals surface area contributed by atoms with Crippen LogP contribution in [0.15, 0.2) is 41.3 Å². The van der Waals surface area contributed by atoms with Crippen molar-refractivity contribution in [1.29, 1.82) is 0 Å². The first-order valence-electron chi connectivity index (χ1n) is 7.94. The van der Waals surface area contributed by atoms with Gasteiger partial charge in [-0.1, -0.05) is 30.3 Å². The van der Waals surface area contributed by atoms with Crippen LogP contribution in [0, 0.1) is 0 Å². The summed E-state index contributed by atoms with van der Waals surface area (Å²) in [4.78, 5) is 33.6. The smallest absolute Gasteiger partial charge is 0.338 e. The van der Waals surface area contributed by atoms with E-state index in [4.69, 9.17) is 4.74 Å². The Kier molecular flexibility index (Phi) is 4.64. The minimum Gasteiger partial charge on any atom is -0.457 e. The number of benzene rings is 1. The van der Waals surface area contributed by atoms with Gasteiger partial charge in [-0.2, -0.15) is 18.3 Å². The summed E-state index contributed by atoms with van der Waals surface area (Å²) in [7, 11) is 4.41. The predicted octanol–water partition coefficient (Wildman–Crippen LogP) is 1.83. The summed E-state index contributed by atoms with van der Waals surface area (Å²) in [6.07, 6.45) is 1.25. The van der Waals surface area contributed by atoms with E-state index in [2.05, 4.69) is 9.97 Å². The summed E-state index contributed by atoms with van der Waals surface area (Å²) < 4.78 is 35.6. The molecule has 0 aliphatic rings. The van der Waals surface area contributed by atoms with Crippen molar-refractivity contribution in [3.05, 3.63) is 52.6 Å². The van der Waals surface area contributed by atoms with Gasteiger partial charge < -0.3 is 9.64 Å². The predicted molar refractivity (Wildman–Crippen MR) is 93.1 cm³/mol. The third-order valence-electron chi connectivity index (χ3n) is 3.93. The monoisotopic (exact) mass is 377 g/mol. The Labute approximate surface area is 152 Å². The highest BCUT2D eigenvalue weighted by Crippen LogP contribution is 2.28. The van der Waals surface area contributed by atoms with E-state index in [0.29, 0.717) is 0 Å². The number of amides is 1. The highest BCUT2D eigenvalue weighted by atomic mass is 19.3. The van der Waals surface area contributed by atoms with Crippen molar-refractivity contribution in [2.24, 2.45) is 7.05 Å². The van der Waals surface area contributed by atoms with Crippen LogP contribution in [-0.2, 0) is 13.0 Å². The van der Waals surface area contributed by atoms with Crippen LogP contribution in [0.4, 0.5) is 13.6 Å². The van der Waals surface area contributed by atoms with Gasteiger partial charge in [0.1, 0.15) is 5.52 Å². The van der Waals surface area contributed by atoms with Crippen molar-refractivity contribution < 1.29 is 18.3 Å². The molecule has 0 spiro atoms. The molecule has 8 nitrogen and oxygen atoms in total. The molecule has 27 heavy (non-hydrogen) atoms. The molecule has 0 bridgehead atoms. The number of hydrogen-bond donors (Lipinski definition) is 0. The van der Waals surface area contributed by atoms with Crippen molar-refractivity contribution in [2.75, 3.05) is 20.7 Å². The summed E-state index contributed by atoms with van der Waals surface area (Å²) in [6, 6.07) is 6.24. The van der Waals surface area contributed by atoms with Crippen LogP contribution < -0.4 is 10.4 Å². The Hall–Kier alpha value is -3.30. The molecule has 0 saturated heterocycles. The first-order valence-corrected chi connectivity index (χ1v) is 7.94. The summed E-state index contributed by atoms with van der Waals surface area (Å²) in [5.74, 6) is -3.25. The van der Waals surface area contributed by atoms with E-state index in [1.165, 1.54) is 61.1 Å². The van der Waals surface area contributed by atoms with Crippen LogP contribution in [-0.4, -0.2) is 50.7 Å². The minimum absolute atomic E-state index is 0.0192. The number of aromatic nitrogens is 4. The highest BCUT2D eigenvalue weighted by molar-refractivity contribution is 5.86. The zero-order valence-electron chi connectivity index (χ0n) is 14.9. The fourth-order valence-corrected chi connectivity index (χ4v) is 2.46. The number of imidazole rings is 1. The lowest BCUT2D eigenvalue weighted by Gasteiger charge is -2.16. The Bertz CT molecular complexity index is 1040. The second kappa shape index (κ2) is 6.78. The Morgan fingerprint density at radius 1 is 1.26 bits per heavy atom. The number of carbonyl (C=O) groups excluding carboxylic acids is 1. The summed E-state index contributed by atoms with van der Waals surface area (Å²) in [5, 5.41) is 0. The summed E-state index contributed by atoms with van der Waals surface area (Å²) >= 11 is 0. The SMILES string of the molecule is CN(C)C(=O)n1c(=O)n(C)c2cnc(OCC(F)(F)c3ccccc3)nc21. The first kappa shape index (κ1) is 18.5. The van der Waals surface area contributed by atoms with Crippen molar-refractivity contribution >= 4 is 17.2 Å². The molecule has 1 amide bonds. The normalized spacial score (nSPS) is 11.6. The van der Waals surface area contributed by atoms with Gasteiger partial charge in [-0.3, -0.25) is 4.57 Å². The van der Waals surface area contributed by atoms with Gasteiger partial charge in [-0.05, 0) is 0 Å². The van der Waals surface area contributed by atoms with Crippen LogP contribution in [0.25, 0.3) is 11.2 Å². The quantitative estimate of drug-likeness (QED) is 0.693. The zero-order valence-corrected chi connectivity index (χ0v) is 14.9. The number of hydrogen-bond acceptors (Lipinski definition) is 5. The van der Waals surface area contributed by atoms with Gasteiger partial charge in [0, 0.05) is 26.7 Å². The largest absolute Gasteiger partial charge is 0.457 e. The lowest BCUT2D eigenvalue weighted by Crippen LogP contribution is -2.35. The number of halogens is 2. The fraction of sp³-hybridized carbons (Fsp3) is 0.294. The summed E-state index contributed by atoms with van der Waals surface area (Å²) in [6.45, 7) is -0.985. The Balaban J connectivity index is 1.94. The van der Waals surface area contributed by atoms with Crippen LogP contribution in [0.3, 0.4) is 0 Å². The van der Waals surface area contributed by atoms with Gasteiger partial charge >= 0.3 is 23.7 Å². The second-order valence-corrected chi connectivity index (χ2v) is 6.07. The molecule has 2 heterocycles. The van der Waals surface area contributed by atoms with Crippen molar-refractivity contribution in [3.8, 4) is 6.01 Å². The van der Waals surface area contributed by atoms with Crippen molar-refractivity contribution in [2.45, 2.75) is 5.92 Å². The van der Waals surface area contributed by atoms with Crippen molar-refractivity contribution in [1.82, 2.24) is 24.0 Å². The molecule has 3 aromatic rings. The maximum absolute atomic E-state index is 14.2. The summed E-state index contributed by atoms with van der Waals surface area (Å²) in [5.41, 5.74) is -0.568. The average Bonchev–Trinajstić information content (AvgIpc) is 2.90. The van der Waals surface area contributed by atoms with E-state index in [0.717, 1.165) is 4.57 Å². The molecule has 0 aliphatic carbocycles. The highest BCUT2D eigenvalue weighted by Gasteiger charge is 2.33.